The summed E-state index contributed by atoms with van der Waals surface area (Å²) in [5.74, 6) is -0.459. The number of anilines is 1. The molecule has 0 spiro atoms. The van der Waals surface area contributed by atoms with Gasteiger partial charge in [-0.05, 0) is 65.2 Å². The van der Waals surface area contributed by atoms with Gasteiger partial charge in [0.05, 0.1) is 19.1 Å². The van der Waals surface area contributed by atoms with Crippen LogP contribution in [0.3, 0.4) is 0 Å². The number of fused-ring (bicyclic) bond motifs is 1. The van der Waals surface area contributed by atoms with E-state index >= 15 is 0 Å². The van der Waals surface area contributed by atoms with Gasteiger partial charge in [0.25, 0.3) is 5.91 Å². The summed E-state index contributed by atoms with van der Waals surface area (Å²) >= 11 is 6.23. The molecule has 0 aliphatic carbocycles. The van der Waals surface area contributed by atoms with Crippen LogP contribution >= 0.6 is 11.6 Å². The Morgan fingerprint density at radius 3 is 2.31 bits per heavy atom. The molecule has 2 heterocycles. The molecule has 0 bridgehead atoms. The average Bonchev–Trinajstić information content (AvgIpc) is 3.03. The fourth-order valence-electron chi connectivity index (χ4n) is 6.05. The lowest BCUT2D eigenvalue weighted by Crippen LogP contribution is -2.53. The SMILES string of the molecule is COc1ccc([C@H]2[C@@H](C(=O)N3CCN(c4cccc(Cl)c4)CC3)c3ccccc3C(=O)N2Cc2ccc(F)cc2)cc1. The van der Waals surface area contributed by atoms with Crippen molar-refractivity contribution in [2.45, 2.75) is 18.5 Å². The molecule has 0 saturated carbocycles. The van der Waals surface area contributed by atoms with E-state index in [1.54, 1.807) is 30.2 Å². The first-order chi connectivity index (χ1) is 20.4. The number of benzene rings is 4. The van der Waals surface area contributed by atoms with Crippen LogP contribution in [0.2, 0.25) is 5.02 Å². The third kappa shape index (κ3) is 5.44. The zero-order chi connectivity index (χ0) is 29.2. The first-order valence-corrected chi connectivity index (χ1v) is 14.4. The third-order valence-electron chi connectivity index (χ3n) is 8.19. The van der Waals surface area contributed by atoms with Crippen LogP contribution in [-0.2, 0) is 11.3 Å². The van der Waals surface area contributed by atoms with Crippen LogP contribution in [0.1, 0.15) is 39.0 Å². The topological polar surface area (TPSA) is 53.1 Å². The standard InChI is InChI=1S/C34H31ClFN3O3/c1-42-28-15-11-24(12-16-28)32-31(34(41)38-19-17-37(18-20-38)27-6-4-5-25(35)21-27)29-7-2-3-8-30(29)33(40)39(32)22-23-9-13-26(36)14-10-23/h2-16,21,31-32H,17-20,22H2,1H3/t31-,32-/m0/s1. The number of carbonyl (C=O) groups is 2. The van der Waals surface area contributed by atoms with Crippen molar-refractivity contribution >= 4 is 29.1 Å². The van der Waals surface area contributed by atoms with Gasteiger partial charge in [-0.25, -0.2) is 4.39 Å². The van der Waals surface area contributed by atoms with Gasteiger partial charge in [-0.1, -0.05) is 60.1 Å². The van der Waals surface area contributed by atoms with E-state index in [2.05, 4.69) is 4.90 Å². The van der Waals surface area contributed by atoms with Crippen molar-refractivity contribution in [2.24, 2.45) is 0 Å². The molecule has 6 nitrogen and oxygen atoms in total. The van der Waals surface area contributed by atoms with E-state index in [4.69, 9.17) is 16.3 Å². The molecule has 2 aliphatic heterocycles. The average molecular weight is 584 g/mol. The Hall–Kier alpha value is -4.36. The molecule has 8 heteroatoms. The van der Waals surface area contributed by atoms with E-state index in [-0.39, 0.29) is 24.2 Å². The first-order valence-electron chi connectivity index (χ1n) is 14.0. The van der Waals surface area contributed by atoms with Gasteiger partial charge in [-0.15, -0.1) is 0 Å². The Bertz CT molecular complexity index is 1590. The Morgan fingerprint density at radius 1 is 0.905 bits per heavy atom. The Labute approximate surface area is 249 Å². The van der Waals surface area contributed by atoms with Crippen molar-refractivity contribution < 1.29 is 18.7 Å². The van der Waals surface area contributed by atoms with Crippen molar-refractivity contribution in [3.05, 3.63) is 130 Å². The van der Waals surface area contributed by atoms with Crippen LogP contribution in [0.25, 0.3) is 0 Å². The van der Waals surface area contributed by atoms with Gasteiger partial charge in [-0.2, -0.15) is 0 Å². The minimum absolute atomic E-state index is 0.0226. The molecule has 4 aromatic carbocycles. The number of methoxy groups -OCH3 is 1. The fraction of sp³-hybridized carbons (Fsp3) is 0.235. The zero-order valence-corrected chi connectivity index (χ0v) is 24.0. The molecule has 214 valence electrons. The Kier molecular flexibility index (Phi) is 7.85. The molecular formula is C34H31ClFN3O3. The minimum atomic E-state index is -0.620. The smallest absolute Gasteiger partial charge is 0.255 e. The first kappa shape index (κ1) is 27.8. The van der Waals surface area contributed by atoms with Crippen molar-refractivity contribution in [2.75, 3.05) is 38.2 Å². The van der Waals surface area contributed by atoms with E-state index < -0.39 is 12.0 Å². The van der Waals surface area contributed by atoms with Crippen LogP contribution in [-0.4, -0.2) is 54.9 Å². The summed E-state index contributed by atoms with van der Waals surface area (Å²) in [4.78, 5) is 34.5. The van der Waals surface area contributed by atoms with Crippen LogP contribution in [0.4, 0.5) is 10.1 Å². The molecule has 42 heavy (non-hydrogen) atoms. The van der Waals surface area contributed by atoms with Crippen molar-refractivity contribution in [1.29, 1.82) is 0 Å². The number of halogens is 2. The maximum atomic E-state index is 14.5. The fourth-order valence-corrected chi connectivity index (χ4v) is 6.23. The molecule has 6 rings (SSSR count). The lowest BCUT2D eigenvalue weighted by Gasteiger charge is -2.45. The summed E-state index contributed by atoms with van der Waals surface area (Å²) < 4.78 is 19.1. The number of amides is 2. The molecule has 1 saturated heterocycles. The third-order valence-corrected chi connectivity index (χ3v) is 8.43. The van der Waals surface area contributed by atoms with Gasteiger partial charge >= 0.3 is 0 Å². The van der Waals surface area contributed by atoms with Gasteiger partial charge in [0.2, 0.25) is 5.91 Å². The monoisotopic (exact) mass is 583 g/mol. The number of rotatable bonds is 6. The number of nitrogens with zero attached hydrogens (tertiary/aromatic N) is 3. The predicted octanol–water partition coefficient (Wildman–Crippen LogP) is 6.32. The lowest BCUT2D eigenvalue weighted by atomic mass is 9.78. The predicted molar refractivity (Wildman–Crippen MR) is 161 cm³/mol. The van der Waals surface area contributed by atoms with Gasteiger partial charge in [-0.3, -0.25) is 9.59 Å². The second-order valence-corrected chi connectivity index (χ2v) is 11.1. The van der Waals surface area contributed by atoms with E-state index in [0.717, 1.165) is 22.4 Å². The number of ether oxygens (including phenoxy) is 1. The van der Waals surface area contributed by atoms with Crippen molar-refractivity contribution in [3.63, 3.8) is 0 Å². The molecule has 2 atom stereocenters. The molecule has 0 aromatic heterocycles. The van der Waals surface area contributed by atoms with Crippen molar-refractivity contribution in [3.8, 4) is 5.75 Å². The van der Waals surface area contributed by atoms with E-state index in [0.29, 0.717) is 42.5 Å². The molecule has 0 N–H and O–H groups in total. The molecule has 0 unspecified atom stereocenters. The number of piperazine rings is 1. The highest BCUT2D eigenvalue weighted by Crippen LogP contribution is 2.45. The Balaban J connectivity index is 1.37. The van der Waals surface area contributed by atoms with Crippen molar-refractivity contribution in [1.82, 2.24) is 9.80 Å². The molecule has 2 amide bonds. The molecule has 0 radical (unpaired) electrons. The normalized spacial score (nSPS) is 18.5. The summed E-state index contributed by atoms with van der Waals surface area (Å²) in [5.41, 5.74) is 3.88. The van der Waals surface area contributed by atoms with Gasteiger partial charge in [0.1, 0.15) is 11.6 Å². The zero-order valence-electron chi connectivity index (χ0n) is 23.3. The highest BCUT2D eigenvalue weighted by atomic mass is 35.5. The van der Waals surface area contributed by atoms with Gasteiger partial charge in [0.15, 0.2) is 0 Å². The summed E-state index contributed by atoms with van der Waals surface area (Å²) in [6, 6.07) is 28.2. The van der Waals surface area contributed by atoms with E-state index in [1.165, 1.54) is 12.1 Å². The second-order valence-electron chi connectivity index (χ2n) is 10.6. The molecule has 2 aliphatic rings. The summed E-state index contributed by atoms with van der Waals surface area (Å²) in [5, 5.41) is 0.679. The molecule has 1 fully saturated rings. The number of hydrogen-bond donors (Lipinski definition) is 0. The Morgan fingerprint density at radius 2 is 1.62 bits per heavy atom. The maximum absolute atomic E-state index is 14.5. The van der Waals surface area contributed by atoms with Crippen LogP contribution in [0.15, 0.2) is 97.1 Å². The second kappa shape index (κ2) is 11.9. The largest absolute Gasteiger partial charge is 0.497 e. The summed E-state index contributed by atoms with van der Waals surface area (Å²) in [7, 11) is 1.60. The number of carbonyl (C=O) groups excluding carboxylic acids is 2. The molecule has 4 aromatic rings. The van der Waals surface area contributed by atoms with Gasteiger partial charge in [0, 0.05) is 49.0 Å². The molecular weight excluding hydrogens is 553 g/mol. The van der Waals surface area contributed by atoms with E-state index in [9.17, 15) is 14.0 Å². The van der Waals surface area contributed by atoms with Gasteiger partial charge < -0.3 is 19.4 Å². The highest BCUT2D eigenvalue weighted by Gasteiger charge is 2.45. The minimum Gasteiger partial charge on any atom is -0.497 e. The number of hydrogen-bond acceptors (Lipinski definition) is 4. The quantitative estimate of drug-likeness (QED) is 0.267. The van der Waals surface area contributed by atoms with E-state index in [1.807, 2.05) is 71.6 Å². The lowest BCUT2D eigenvalue weighted by molar-refractivity contribution is -0.135. The summed E-state index contributed by atoms with van der Waals surface area (Å²) in [6.07, 6.45) is 0. The maximum Gasteiger partial charge on any atom is 0.255 e. The van der Waals surface area contributed by atoms with Crippen LogP contribution < -0.4 is 9.64 Å². The van der Waals surface area contributed by atoms with Crippen LogP contribution in [0.5, 0.6) is 5.75 Å². The summed E-state index contributed by atoms with van der Waals surface area (Å²) in [6.45, 7) is 2.67. The highest BCUT2D eigenvalue weighted by molar-refractivity contribution is 6.30. The van der Waals surface area contributed by atoms with Crippen LogP contribution in [0, 0.1) is 5.82 Å².